The van der Waals surface area contributed by atoms with E-state index in [2.05, 4.69) is 28.5 Å². The van der Waals surface area contributed by atoms with Crippen molar-refractivity contribution >= 4 is 17.3 Å². The third-order valence-electron chi connectivity index (χ3n) is 2.25. The van der Waals surface area contributed by atoms with Gasteiger partial charge in [0.05, 0.1) is 6.61 Å². The minimum absolute atomic E-state index is 0.211. The van der Waals surface area contributed by atoms with E-state index in [0.29, 0.717) is 6.61 Å². The standard InChI is InChI=1S/C10H16S.C4H8O2/c1-2-3-4-5-6-10-7-8-11-9-10;1-3-6-4(2)5/h7-9H,2-6H2,1H3;3H2,1-2H3. The molecule has 2 nitrogen and oxygen atoms in total. The van der Waals surface area contributed by atoms with Crippen LogP contribution >= 0.6 is 11.3 Å². The summed E-state index contributed by atoms with van der Waals surface area (Å²) in [7, 11) is 0. The highest BCUT2D eigenvalue weighted by Crippen LogP contribution is 2.10. The molecular formula is C14H24O2S. The molecule has 0 saturated heterocycles. The van der Waals surface area contributed by atoms with Gasteiger partial charge in [-0.05, 0) is 42.2 Å². The predicted octanol–water partition coefficient (Wildman–Crippen LogP) is 4.44. The number of esters is 1. The summed E-state index contributed by atoms with van der Waals surface area (Å²) >= 11 is 1.80. The van der Waals surface area contributed by atoms with Crippen molar-refractivity contribution in [1.82, 2.24) is 0 Å². The highest BCUT2D eigenvalue weighted by atomic mass is 32.1. The second-order valence-corrected chi connectivity index (χ2v) is 4.65. The van der Waals surface area contributed by atoms with Gasteiger partial charge in [0, 0.05) is 6.92 Å². The Labute approximate surface area is 109 Å². The van der Waals surface area contributed by atoms with Gasteiger partial charge in [-0.15, -0.1) is 0 Å². The van der Waals surface area contributed by atoms with E-state index < -0.39 is 0 Å². The maximum Gasteiger partial charge on any atom is 0.302 e. The van der Waals surface area contributed by atoms with Crippen molar-refractivity contribution in [3.8, 4) is 0 Å². The molecule has 1 rings (SSSR count). The van der Waals surface area contributed by atoms with E-state index >= 15 is 0 Å². The average molecular weight is 256 g/mol. The Morgan fingerprint density at radius 3 is 2.47 bits per heavy atom. The number of carbonyl (C=O) groups is 1. The predicted molar refractivity (Wildman–Crippen MR) is 74.5 cm³/mol. The lowest BCUT2D eigenvalue weighted by atomic mass is 10.1. The number of thiophene rings is 1. The van der Waals surface area contributed by atoms with E-state index in [0.717, 1.165) is 0 Å². The molecule has 1 aromatic heterocycles. The molecule has 0 unspecified atom stereocenters. The van der Waals surface area contributed by atoms with Crippen LogP contribution in [0.25, 0.3) is 0 Å². The molecular weight excluding hydrogens is 232 g/mol. The van der Waals surface area contributed by atoms with Crippen molar-refractivity contribution in [2.24, 2.45) is 0 Å². The SMILES string of the molecule is CCCCCCc1ccsc1.CCOC(C)=O. The molecule has 0 aromatic carbocycles. The molecule has 0 aliphatic carbocycles. The van der Waals surface area contributed by atoms with Gasteiger partial charge in [-0.1, -0.05) is 26.2 Å². The van der Waals surface area contributed by atoms with Crippen molar-refractivity contribution in [3.05, 3.63) is 22.4 Å². The monoisotopic (exact) mass is 256 g/mol. The summed E-state index contributed by atoms with van der Waals surface area (Å²) in [5, 5.41) is 4.42. The summed E-state index contributed by atoms with van der Waals surface area (Å²) in [4.78, 5) is 9.82. The zero-order chi connectivity index (χ0) is 12.9. The second-order valence-electron chi connectivity index (χ2n) is 3.87. The Kier molecular flexibility index (Phi) is 11.1. The number of carbonyl (C=O) groups excluding carboxylic acids is 1. The summed E-state index contributed by atoms with van der Waals surface area (Å²) in [6.45, 7) is 5.91. The number of aryl methyl sites for hydroxylation is 1. The van der Waals surface area contributed by atoms with Crippen LogP contribution in [0.15, 0.2) is 16.8 Å². The van der Waals surface area contributed by atoms with E-state index in [1.807, 2.05) is 0 Å². The molecule has 1 heterocycles. The maximum atomic E-state index is 9.82. The first-order valence-electron chi connectivity index (χ1n) is 6.35. The fourth-order valence-corrected chi connectivity index (χ4v) is 2.10. The smallest absolute Gasteiger partial charge is 0.302 e. The minimum Gasteiger partial charge on any atom is -0.466 e. The Morgan fingerprint density at radius 2 is 2.06 bits per heavy atom. The zero-order valence-electron chi connectivity index (χ0n) is 11.2. The second kappa shape index (κ2) is 11.6. The largest absolute Gasteiger partial charge is 0.466 e. The van der Waals surface area contributed by atoms with Gasteiger partial charge >= 0.3 is 5.97 Å². The summed E-state index contributed by atoms with van der Waals surface area (Å²) in [5.74, 6) is -0.211. The summed E-state index contributed by atoms with van der Waals surface area (Å²) in [5.41, 5.74) is 1.52. The van der Waals surface area contributed by atoms with E-state index in [1.165, 1.54) is 44.6 Å². The molecule has 0 aliphatic heterocycles. The summed E-state index contributed by atoms with van der Waals surface area (Å²) in [6.07, 6.45) is 6.77. The van der Waals surface area contributed by atoms with Crippen molar-refractivity contribution in [3.63, 3.8) is 0 Å². The van der Waals surface area contributed by atoms with Crippen LogP contribution in [-0.2, 0) is 16.0 Å². The van der Waals surface area contributed by atoms with E-state index in [4.69, 9.17) is 0 Å². The van der Waals surface area contributed by atoms with Gasteiger partial charge < -0.3 is 4.74 Å². The first kappa shape index (κ1) is 16.2. The van der Waals surface area contributed by atoms with Crippen molar-refractivity contribution in [2.75, 3.05) is 6.61 Å². The Hall–Kier alpha value is -0.830. The van der Waals surface area contributed by atoms with E-state index in [1.54, 1.807) is 18.3 Å². The maximum absolute atomic E-state index is 9.82. The fraction of sp³-hybridized carbons (Fsp3) is 0.643. The van der Waals surface area contributed by atoms with Gasteiger partial charge in [-0.2, -0.15) is 11.3 Å². The molecule has 0 radical (unpaired) electrons. The zero-order valence-corrected chi connectivity index (χ0v) is 12.0. The van der Waals surface area contributed by atoms with Crippen LogP contribution in [0, 0.1) is 0 Å². The number of rotatable bonds is 6. The van der Waals surface area contributed by atoms with Crippen molar-refractivity contribution in [2.45, 2.75) is 52.9 Å². The molecule has 0 fully saturated rings. The topological polar surface area (TPSA) is 26.3 Å². The normalized spacial score (nSPS) is 9.35. The lowest BCUT2D eigenvalue weighted by Gasteiger charge is -1.96. The molecule has 17 heavy (non-hydrogen) atoms. The van der Waals surface area contributed by atoms with Crippen LogP contribution in [0.2, 0.25) is 0 Å². The molecule has 0 amide bonds. The van der Waals surface area contributed by atoms with Gasteiger partial charge in [-0.3, -0.25) is 4.79 Å². The van der Waals surface area contributed by atoms with Crippen molar-refractivity contribution < 1.29 is 9.53 Å². The molecule has 0 bridgehead atoms. The minimum atomic E-state index is -0.211. The van der Waals surface area contributed by atoms with E-state index in [-0.39, 0.29) is 5.97 Å². The van der Waals surface area contributed by atoms with Gasteiger partial charge in [0.25, 0.3) is 0 Å². The average Bonchev–Trinajstić information content (AvgIpc) is 2.78. The summed E-state index contributed by atoms with van der Waals surface area (Å²) in [6, 6.07) is 2.23. The first-order chi connectivity index (χ1) is 8.20. The van der Waals surface area contributed by atoms with Crippen molar-refractivity contribution in [1.29, 1.82) is 0 Å². The molecule has 0 aliphatic rings. The highest BCUT2D eigenvalue weighted by Gasteiger charge is 1.91. The van der Waals surface area contributed by atoms with Crippen LogP contribution in [0.3, 0.4) is 0 Å². The third kappa shape index (κ3) is 11.4. The number of ether oxygens (including phenoxy) is 1. The quantitative estimate of drug-likeness (QED) is 0.555. The lowest BCUT2D eigenvalue weighted by molar-refractivity contribution is -0.140. The molecule has 0 N–H and O–H groups in total. The van der Waals surface area contributed by atoms with Gasteiger partial charge in [0.2, 0.25) is 0 Å². The Balaban J connectivity index is 0.000000366. The van der Waals surface area contributed by atoms with Gasteiger partial charge in [0.1, 0.15) is 0 Å². The third-order valence-corrected chi connectivity index (χ3v) is 2.98. The van der Waals surface area contributed by atoms with Gasteiger partial charge in [0.15, 0.2) is 0 Å². The fourth-order valence-electron chi connectivity index (χ4n) is 1.39. The Bertz CT molecular complexity index is 268. The van der Waals surface area contributed by atoms with Gasteiger partial charge in [-0.25, -0.2) is 0 Å². The summed E-state index contributed by atoms with van der Waals surface area (Å²) < 4.78 is 4.40. The van der Waals surface area contributed by atoms with Crippen LogP contribution in [0.1, 0.15) is 52.0 Å². The van der Waals surface area contributed by atoms with Crippen LogP contribution in [0.4, 0.5) is 0 Å². The molecule has 98 valence electrons. The molecule has 3 heteroatoms. The first-order valence-corrected chi connectivity index (χ1v) is 7.29. The number of unbranched alkanes of at least 4 members (excludes halogenated alkanes) is 3. The highest BCUT2D eigenvalue weighted by molar-refractivity contribution is 7.07. The van der Waals surface area contributed by atoms with E-state index in [9.17, 15) is 4.79 Å². The van der Waals surface area contributed by atoms with Crippen LogP contribution in [0.5, 0.6) is 0 Å². The van der Waals surface area contributed by atoms with Crippen LogP contribution < -0.4 is 0 Å². The lowest BCUT2D eigenvalue weighted by Crippen LogP contribution is -1.95. The number of hydrogen-bond donors (Lipinski definition) is 0. The Morgan fingerprint density at radius 1 is 1.29 bits per heavy atom. The van der Waals surface area contributed by atoms with Crippen LogP contribution in [-0.4, -0.2) is 12.6 Å². The molecule has 0 spiro atoms. The number of hydrogen-bond acceptors (Lipinski definition) is 3. The molecule has 1 aromatic rings. The molecule has 0 atom stereocenters. The molecule has 0 saturated carbocycles.